The minimum Gasteiger partial charge on any atom is -0.495 e. The Morgan fingerprint density at radius 2 is 1.93 bits per heavy atom. The summed E-state index contributed by atoms with van der Waals surface area (Å²) in [6.45, 7) is 6.14. The van der Waals surface area contributed by atoms with Gasteiger partial charge in [-0.2, -0.15) is 0 Å². The lowest BCUT2D eigenvalue weighted by atomic mass is 10.1. The Balaban J connectivity index is 1.76. The molecule has 2 amide bonds. The lowest BCUT2D eigenvalue weighted by molar-refractivity contribution is -0.122. The Labute approximate surface area is 165 Å². The van der Waals surface area contributed by atoms with Gasteiger partial charge < -0.3 is 19.7 Å². The third kappa shape index (κ3) is 4.27. The molecule has 148 valence electrons. The van der Waals surface area contributed by atoms with Gasteiger partial charge in [0.2, 0.25) is 11.8 Å². The van der Waals surface area contributed by atoms with Crippen molar-refractivity contribution in [1.82, 2.24) is 0 Å². The molecule has 1 fully saturated rings. The van der Waals surface area contributed by atoms with E-state index in [4.69, 9.17) is 9.47 Å². The summed E-state index contributed by atoms with van der Waals surface area (Å²) < 4.78 is 11.1. The Morgan fingerprint density at radius 1 is 1.18 bits per heavy atom. The molecule has 1 unspecified atom stereocenters. The van der Waals surface area contributed by atoms with Crippen LogP contribution in [0.3, 0.4) is 0 Å². The van der Waals surface area contributed by atoms with E-state index in [1.165, 1.54) is 0 Å². The van der Waals surface area contributed by atoms with E-state index >= 15 is 0 Å². The Bertz CT molecular complexity index is 879. The second-order valence-corrected chi connectivity index (χ2v) is 7.23. The predicted molar refractivity (Wildman–Crippen MR) is 109 cm³/mol. The van der Waals surface area contributed by atoms with Crippen LogP contribution in [0, 0.1) is 12.8 Å². The predicted octanol–water partition coefficient (Wildman–Crippen LogP) is 3.78. The molecule has 1 aliphatic rings. The fourth-order valence-electron chi connectivity index (χ4n) is 3.29. The van der Waals surface area contributed by atoms with Crippen molar-refractivity contribution in [2.45, 2.75) is 33.3 Å². The number of para-hydroxylation sites is 2. The quantitative estimate of drug-likeness (QED) is 0.826. The average molecular weight is 382 g/mol. The zero-order valence-electron chi connectivity index (χ0n) is 16.7. The van der Waals surface area contributed by atoms with Gasteiger partial charge in [0.1, 0.15) is 11.5 Å². The normalized spacial score (nSPS) is 16.4. The monoisotopic (exact) mass is 382 g/mol. The van der Waals surface area contributed by atoms with Gasteiger partial charge in [-0.05, 0) is 50.6 Å². The highest BCUT2D eigenvalue weighted by atomic mass is 16.5. The van der Waals surface area contributed by atoms with Gasteiger partial charge in [-0.25, -0.2) is 0 Å². The molecule has 28 heavy (non-hydrogen) atoms. The summed E-state index contributed by atoms with van der Waals surface area (Å²) in [5.74, 6) is 0.519. The maximum absolute atomic E-state index is 12.8. The molecule has 0 bridgehead atoms. The van der Waals surface area contributed by atoms with Crippen LogP contribution in [0.15, 0.2) is 42.5 Å². The van der Waals surface area contributed by atoms with Crippen molar-refractivity contribution >= 4 is 23.2 Å². The van der Waals surface area contributed by atoms with E-state index in [2.05, 4.69) is 5.32 Å². The molecule has 2 aromatic rings. The smallest absolute Gasteiger partial charge is 0.229 e. The summed E-state index contributed by atoms with van der Waals surface area (Å²) in [5, 5.41) is 2.92. The van der Waals surface area contributed by atoms with Gasteiger partial charge >= 0.3 is 0 Å². The molecular formula is C22H26N2O4. The fraction of sp³-hybridized carbons (Fsp3) is 0.364. The summed E-state index contributed by atoms with van der Waals surface area (Å²) >= 11 is 0. The first-order valence-electron chi connectivity index (χ1n) is 9.40. The minimum absolute atomic E-state index is 0.00427. The van der Waals surface area contributed by atoms with Gasteiger partial charge in [-0.3, -0.25) is 9.59 Å². The van der Waals surface area contributed by atoms with Crippen molar-refractivity contribution in [3.8, 4) is 11.5 Å². The molecule has 1 saturated heterocycles. The molecule has 2 aromatic carbocycles. The zero-order chi connectivity index (χ0) is 20.3. The molecule has 6 heteroatoms. The first-order valence-corrected chi connectivity index (χ1v) is 9.40. The number of aryl methyl sites for hydroxylation is 1. The molecule has 0 spiro atoms. The number of nitrogens with one attached hydrogen (secondary N) is 1. The SMILES string of the molecule is COc1ccc(C)cc1N1CC(C(=O)Nc2ccccc2OC(C)C)CC1=O. The number of carbonyl (C=O) groups excluding carboxylic acids is 2. The van der Waals surface area contributed by atoms with Crippen LogP contribution in [-0.4, -0.2) is 31.6 Å². The van der Waals surface area contributed by atoms with E-state index in [-0.39, 0.29) is 24.3 Å². The fourth-order valence-corrected chi connectivity index (χ4v) is 3.29. The van der Waals surface area contributed by atoms with Gasteiger partial charge in [0.05, 0.1) is 30.5 Å². The Kier molecular flexibility index (Phi) is 5.87. The molecule has 0 radical (unpaired) electrons. The van der Waals surface area contributed by atoms with Crippen LogP contribution >= 0.6 is 0 Å². The number of ether oxygens (including phenoxy) is 2. The van der Waals surface area contributed by atoms with Crippen LogP contribution in [-0.2, 0) is 9.59 Å². The lowest BCUT2D eigenvalue weighted by Crippen LogP contribution is -2.28. The van der Waals surface area contributed by atoms with Crippen LogP contribution < -0.4 is 19.7 Å². The largest absolute Gasteiger partial charge is 0.495 e. The van der Waals surface area contributed by atoms with Crippen molar-refractivity contribution in [3.63, 3.8) is 0 Å². The topological polar surface area (TPSA) is 67.9 Å². The van der Waals surface area contributed by atoms with Crippen molar-refractivity contribution < 1.29 is 19.1 Å². The molecule has 1 heterocycles. The number of hydrogen-bond donors (Lipinski definition) is 1. The molecule has 1 N–H and O–H groups in total. The maximum atomic E-state index is 12.8. The van der Waals surface area contributed by atoms with Crippen LogP contribution in [0.25, 0.3) is 0 Å². The second kappa shape index (κ2) is 8.33. The highest BCUT2D eigenvalue weighted by Gasteiger charge is 2.36. The summed E-state index contributed by atoms with van der Waals surface area (Å²) in [7, 11) is 1.57. The van der Waals surface area contributed by atoms with Gasteiger partial charge in [-0.1, -0.05) is 18.2 Å². The summed E-state index contributed by atoms with van der Waals surface area (Å²) in [6.07, 6.45) is 0.159. The number of hydrogen-bond acceptors (Lipinski definition) is 4. The average Bonchev–Trinajstić information content (AvgIpc) is 3.04. The van der Waals surface area contributed by atoms with E-state index in [1.54, 1.807) is 18.1 Å². The zero-order valence-corrected chi connectivity index (χ0v) is 16.7. The third-order valence-corrected chi connectivity index (χ3v) is 4.63. The van der Waals surface area contributed by atoms with E-state index in [0.717, 1.165) is 5.56 Å². The number of benzene rings is 2. The molecule has 0 saturated carbocycles. The lowest BCUT2D eigenvalue weighted by Gasteiger charge is -2.20. The van der Waals surface area contributed by atoms with Crippen molar-refractivity contribution in [3.05, 3.63) is 48.0 Å². The second-order valence-electron chi connectivity index (χ2n) is 7.23. The number of amides is 2. The molecule has 3 rings (SSSR count). The number of anilines is 2. The van der Waals surface area contributed by atoms with Gasteiger partial charge in [-0.15, -0.1) is 0 Å². The van der Waals surface area contributed by atoms with E-state index < -0.39 is 5.92 Å². The summed E-state index contributed by atoms with van der Waals surface area (Å²) in [5.41, 5.74) is 2.34. The van der Waals surface area contributed by atoms with Crippen molar-refractivity contribution in [2.75, 3.05) is 23.9 Å². The van der Waals surface area contributed by atoms with Crippen LogP contribution in [0.2, 0.25) is 0 Å². The van der Waals surface area contributed by atoms with Crippen LogP contribution in [0.4, 0.5) is 11.4 Å². The first-order chi connectivity index (χ1) is 13.4. The number of nitrogens with zero attached hydrogens (tertiary/aromatic N) is 1. The highest BCUT2D eigenvalue weighted by molar-refractivity contribution is 6.04. The minimum atomic E-state index is -0.440. The molecule has 6 nitrogen and oxygen atoms in total. The highest BCUT2D eigenvalue weighted by Crippen LogP contribution is 2.34. The summed E-state index contributed by atoms with van der Waals surface area (Å²) in [4.78, 5) is 27.1. The first kappa shape index (κ1) is 19.7. The molecule has 1 atom stereocenters. The van der Waals surface area contributed by atoms with E-state index in [9.17, 15) is 9.59 Å². The number of methoxy groups -OCH3 is 1. The van der Waals surface area contributed by atoms with Crippen molar-refractivity contribution in [2.24, 2.45) is 5.92 Å². The standard InChI is InChI=1S/C22H26N2O4/c1-14(2)28-19-8-6-5-7-17(19)23-22(26)16-12-21(25)24(13-16)18-11-15(3)9-10-20(18)27-4/h5-11,14,16H,12-13H2,1-4H3,(H,23,26). The van der Waals surface area contributed by atoms with Crippen LogP contribution in [0.1, 0.15) is 25.8 Å². The molecule has 1 aliphatic heterocycles. The van der Waals surface area contributed by atoms with Gasteiger partial charge in [0.15, 0.2) is 0 Å². The molecular weight excluding hydrogens is 356 g/mol. The number of rotatable bonds is 6. The maximum Gasteiger partial charge on any atom is 0.229 e. The van der Waals surface area contributed by atoms with E-state index in [0.29, 0.717) is 29.4 Å². The van der Waals surface area contributed by atoms with Crippen LogP contribution in [0.5, 0.6) is 11.5 Å². The Morgan fingerprint density at radius 3 is 2.64 bits per heavy atom. The third-order valence-electron chi connectivity index (χ3n) is 4.63. The Hall–Kier alpha value is -3.02. The van der Waals surface area contributed by atoms with Gasteiger partial charge in [0, 0.05) is 13.0 Å². The number of carbonyl (C=O) groups is 2. The molecule has 0 aromatic heterocycles. The van der Waals surface area contributed by atoms with Gasteiger partial charge in [0.25, 0.3) is 0 Å². The molecule has 0 aliphatic carbocycles. The van der Waals surface area contributed by atoms with E-state index in [1.807, 2.05) is 57.2 Å². The summed E-state index contributed by atoms with van der Waals surface area (Å²) in [6, 6.07) is 13.0. The van der Waals surface area contributed by atoms with Crippen molar-refractivity contribution in [1.29, 1.82) is 0 Å².